The molecule has 3 unspecified atom stereocenters. The summed E-state index contributed by atoms with van der Waals surface area (Å²) in [4.78, 5) is 14.3. The second-order valence-corrected chi connectivity index (χ2v) is 5.48. The molecule has 3 aliphatic rings. The van der Waals surface area contributed by atoms with Crippen LogP contribution in [0.5, 0.6) is 0 Å². The Bertz CT molecular complexity index is 269. The number of hydrogen-bond acceptors (Lipinski definition) is 2. The molecule has 3 fully saturated rings. The van der Waals surface area contributed by atoms with Crippen LogP contribution in [0, 0.1) is 17.8 Å². The maximum absolute atomic E-state index is 12.2. The van der Waals surface area contributed by atoms with E-state index in [1.807, 2.05) is 7.05 Å². The number of fused-ring (bicyclic) bond motifs is 1. The highest BCUT2D eigenvalue weighted by Gasteiger charge is 2.49. The van der Waals surface area contributed by atoms with Gasteiger partial charge < -0.3 is 10.2 Å². The number of hydrogen-bond donors (Lipinski definition) is 1. The van der Waals surface area contributed by atoms with Gasteiger partial charge in [-0.3, -0.25) is 4.79 Å². The summed E-state index contributed by atoms with van der Waals surface area (Å²) in [5, 5.41) is 3.26. The summed E-state index contributed by atoms with van der Waals surface area (Å²) in [6.45, 7) is 1.90. The number of likely N-dealkylation sites (N-methyl/N-ethyl adjacent to an activating group) is 1. The van der Waals surface area contributed by atoms with E-state index in [0.717, 1.165) is 31.3 Å². The second-order valence-electron chi connectivity index (χ2n) is 5.48. The smallest absolute Gasteiger partial charge is 0.225 e. The van der Waals surface area contributed by atoms with Crippen molar-refractivity contribution in [1.82, 2.24) is 10.2 Å². The van der Waals surface area contributed by atoms with Gasteiger partial charge in [0.15, 0.2) is 0 Å². The average molecular weight is 208 g/mol. The largest absolute Gasteiger partial charge is 0.341 e. The summed E-state index contributed by atoms with van der Waals surface area (Å²) in [6.07, 6.45) is 4.90. The van der Waals surface area contributed by atoms with Crippen LogP contribution in [0.1, 0.15) is 25.7 Å². The van der Waals surface area contributed by atoms with Crippen molar-refractivity contribution in [2.75, 3.05) is 20.1 Å². The molecule has 3 heteroatoms. The molecule has 2 aliphatic carbocycles. The summed E-state index contributed by atoms with van der Waals surface area (Å²) < 4.78 is 0. The van der Waals surface area contributed by atoms with Gasteiger partial charge in [0.2, 0.25) is 5.91 Å². The predicted molar refractivity (Wildman–Crippen MR) is 58.4 cm³/mol. The Hall–Kier alpha value is -0.570. The topological polar surface area (TPSA) is 32.3 Å². The number of rotatable bonds is 2. The SMILES string of the molecule is CNC1CCN(C(=O)C2CC3CC3C2)C1. The highest BCUT2D eigenvalue weighted by molar-refractivity contribution is 5.79. The van der Waals surface area contributed by atoms with Crippen LogP contribution in [-0.4, -0.2) is 37.0 Å². The van der Waals surface area contributed by atoms with Gasteiger partial charge in [0.25, 0.3) is 0 Å². The summed E-state index contributed by atoms with van der Waals surface area (Å²) in [6, 6.07) is 0.532. The molecule has 3 nitrogen and oxygen atoms in total. The molecule has 0 aromatic carbocycles. The first-order chi connectivity index (χ1) is 7.28. The van der Waals surface area contributed by atoms with E-state index in [0.29, 0.717) is 17.9 Å². The molecule has 0 radical (unpaired) electrons. The predicted octanol–water partition coefficient (Wildman–Crippen LogP) is 0.853. The zero-order valence-electron chi connectivity index (χ0n) is 9.41. The van der Waals surface area contributed by atoms with Crippen LogP contribution in [0.4, 0.5) is 0 Å². The van der Waals surface area contributed by atoms with Crippen molar-refractivity contribution in [1.29, 1.82) is 0 Å². The molecule has 0 aromatic rings. The number of nitrogens with one attached hydrogen (secondary N) is 1. The molecule has 1 heterocycles. The maximum atomic E-state index is 12.2. The van der Waals surface area contributed by atoms with Gasteiger partial charge in [0, 0.05) is 25.0 Å². The second kappa shape index (κ2) is 3.48. The molecule has 15 heavy (non-hydrogen) atoms. The van der Waals surface area contributed by atoms with E-state index in [-0.39, 0.29) is 0 Å². The molecule has 0 spiro atoms. The van der Waals surface area contributed by atoms with E-state index < -0.39 is 0 Å². The van der Waals surface area contributed by atoms with Gasteiger partial charge in [-0.05, 0) is 44.6 Å². The molecule has 0 bridgehead atoms. The molecule has 0 aromatic heterocycles. The molecule has 84 valence electrons. The molecule has 2 saturated carbocycles. The van der Waals surface area contributed by atoms with E-state index in [1.54, 1.807) is 0 Å². The van der Waals surface area contributed by atoms with Crippen LogP contribution in [0.3, 0.4) is 0 Å². The van der Waals surface area contributed by atoms with Gasteiger partial charge in [-0.1, -0.05) is 0 Å². The number of likely N-dealkylation sites (tertiary alicyclic amines) is 1. The fourth-order valence-corrected chi connectivity index (χ4v) is 3.37. The van der Waals surface area contributed by atoms with Crippen LogP contribution in [0.25, 0.3) is 0 Å². The Kier molecular flexibility index (Phi) is 2.23. The van der Waals surface area contributed by atoms with Gasteiger partial charge in [0.05, 0.1) is 0 Å². The highest BCUT2D eigenvalue weighted by atomic mass is 16.2. The van der Waals surface area contributed by atoms with Crippen molar-refractivity contribution in [3.8, 4) is 0 Å². The lowest BCUT2D eigenvalue weighted by molar-refractivity contribution is -0.134. The zero-order chi connectivity index (χ0) is 10.4. The average Bonchev–Trinajstić information content (AvgIpc) is 2.73. The first-order valence-corrected chi connectivity index (χ1v) is 6.24. The van der Waals surface area contributed by atoms with Gasteiger partial charge in [0.1, 0.15) is 0 Å². The molecule has 3 rings (SSSR count). The minimum atomic E-state index is 0.379. The molecule has 1 aliphatic heterocycles. The van der Waals surface area contributed by atoms with Crippen molar-refractivity contribution >= 4 is 5.91 Å². The molecular formula is C12H20N2O. The first kappa shape index (κ1) is 9.64. The monoisotopic (exact) mass is 208 g/mol. The van der Waals surface area contributed by atoms with E-state index in [4.69, 9.17) is 0 Å². The van der Waals surface area contributed by atoms with E-state index >= 15 is 0 Å². The van der Waals surface area contributed by atoms with Gasteiger partial charge in [-0.15, -0.1) is 0 Å². The standard InChI is InChI=1S/C12H20N2O/c1-13-11-2-3-14(7-11)12(15)10-5-8-4-9(8)6-10/h8-11,13H,2-7H2,1H3. The van der Waals surface area contributed by atoms with Crippen molar-refractivity contribution in [3.05, 3.63) is 0 Å². The number of amides is 1. The fraction of sp³-hybridized carbons (Fsp3) is 0.917. The highest BCUT2D eigenvalue weighted by Crippen LogP contribution is 2.54. The minimum absolute atomic E-state index is 0.379. The van der Waals surface area contributed by atoms with Crippen LogP contribution in [-0.2, 0) is 4.79 Å². The van der Waals surface area contributed by atoms with Crippen molar-refractivity contribution in [2.24, 2.45) is 17.8 Å². The van der Waals surface area contributed by atoms with E-state index in [9.17, 15) is 4.79 Å². The molecular weight excluding hydrogens is 188 g/mol. The van der Waals surface area contributed by atoms with Crippen LogP contribution >= 0.6 is 0 Å². The lowest BCUT2D eigenvalue weighted by Gasteiger charge is -2.21. The van der Waals surface area contributed by atoms with Gasteiger partial charge in [-0.25, -0.2) is 0 Å². The summed E-state index contributed by atoms with van der Waals surface area (Å²) in [5.74, 6) is 2.66. The Labute approximate surface area is 91.2 Å². The lowest BCUT2D eigenvalue weighted by Crippen LogP contribution is -2.36. The first-order valence-electron chi connectivity index (χ1n) is 6.24. The number of carbonyl (C=O) groups excluding carboxylic acids is 1. The van der Waals surface area contributed by atoms with E-state index in [2.05, 4.69) is 10.2 Å². The Balaban J connectivity index is 1.56. The van der Waals surface area contributed by atoms with E-state index in [1.165, 1.54) is 19.3 Å². The van der Waals surface area contributed by atoms with Crippen LogP contribution in [0.15, 0.2) is 0 Å². The maximum Gasteiger partial charge on any atom is 0.225 e. The molecule has 1 saturated heterocycles. The molecule has 1 N–H and O–H groups in total. The molecule has 1 amide bonds. The third kappa shape index (κ3) is 1.67. The Morgan fingerprint density at radius 1 is 1.27 bits per heavy atom. The quantitative estimate of drug-likeness (QED) is 0.730. The normalized spacial score (nSPS) is 43.1. The van der Waals surface area contributed by atoms with Crippen LogP contribution in [0.2, 0.25) is 0 Å². The summed E-state index contributed by atoms with van der Waals surface area (Å²) in [5.41, 5.74) is 0. The summed E-state index contributed by atoms with van der Waals surface area (Å²) >= 11 is 0. The minimum Gasteiger partial charge on any atom is -0.341 e. The van der Waals surface area contributed by atoms with Crippen molar-refractivity contribution in [3.63, 3.8) is 0 Å². The van der Waals surface area contributed by atoms with Gasteiger partial charge in [-0.2, -0.15) is 0 Å². The van der Waals surface area contributed by atoms with Gasteiger partial charge >= 0.3 is 0 Å². The fourth-order valence-electron chi connectivity index (χ4n) is 3.37. The van der Waals surface area contributed by atoms with Crippen LogP contribution < -0.4 is 5.32 Å². The number of carbonyl (C=O) groups is 1. The third-order valence-corrected chi connectivity index (χ3v) is 4.50. The molecule has 3 atom stereocenters. The third-order valence-electron chi connectivity index (χ3n) is 4.50. The Morgan fingerprint density at radius 3 is 2.60 bits per heavy atom. The van der Waals surface area contributed by atoms with Crippen molar-refractivity contribution < 1.29 is 4.79 Å². The van der Waals surface area contributed by atoms with Crippen molar-refractivity contribution in [2.45, 2.75) is 31.7 Å². The number of nitrogens with zero attached hydrogens (tertiary/aromatic N) is 1. The summed E-state index contributed by atoms with van der Waals surface area (Å²) in [7, 11) is 1.99. The lowest BCUT2D eigenvalue weighted by atomic mass is 10.0. The zero-order valence-corrected chi connectivity index (χ0v) is 9.41. The Morgan fingerprint density at radius 2 is 2.00 bits per heavy atom.